The molecule has 2 N–H and O–H groups in total. The Labute approximate surface area is 242 Å². The van der Waals surface area contributed by atoms with Gasteiger partial charge in [0, 0.05) is 11.3 Å². The molecule has 0 bridgehead atoms. The van der Waals surface area contributed by atoms with E-state index in [1.807, 2.05) is 16.9 Å². The summed E-state index contributed by atoms with van der Waals surface area (Å²) in [7, 11) is -4.07. The first kappa shape index (κ1) is 28.9. The first-order valence-corrected chi connectivity index (χ1v) is 16.0. The summed E-state index contributed by atoms with van der Waals surface area (Å²) in [4.78, 5) is 41.8. The number of nitrogens with zero attached hydrogens (tertiary/aromatic N) is 2. The third-order valence-electron chi connectivity index (χ3n) is 7.27. The number of carbonyl (C=O) groups is 3. The van der Waals surface area contributed by atoms with E-state index in [9.17, 15) is 22.8 Å². The largest absolute Gasteiger partial charge is 0.333 e. The average molecular weight is 599 g/mol. The van der Waals surface area contributed by atoms with Gasteiger partial charge in [0.15, 0.2) is 0 Å². The van der Waals surface area contributed by atoms with E-state index in [4.69, 9.17) is 0 Å². The first-order valence-electron chi connectivity index (χ1n) is 13.6. The van der Waals surface area contributed by atoms with E-state index >= 15 is 4.39 Å². The second-order valence-corrected chi connectivity index (χ2v) is 13.1. The number of likely N-dealkylation sites (tertiary alicyclic amines) is 1. The van der Waals surface area contributed by atoms with Gasteiger partial charge < -0.3 is 10.2 Å². The molecule has 2 aliphatic rings. The summed E-state index contributed by atoms with van der Waals surface area (Å²) in [6.07, 6.45) is 6.80. The fourth-order valence-corrected chi connectivity index (χ4v) is 7.14. The lowest BCUT2D eigenvalue weighted by Crippen LogP contribution is -2.43. The van der Waals surface area contributed by atoms with Gasteiger partial charge in [-0.2, -0.15) is 0 Å². The van der Waals surface area contributed by atoms with Gasteiger partial charge in [-0.1, -0.05) is 24.6 Å². The molecule has 2 aliphatic heterocycles. The molecule has 3 aromatic rings. The van der Waals surface area contributed by atoms with Gasteiger partial charge in [-0.3, -0.25) is 9.59 Å². The van der Waals surface area contributed by atoms with Gasteiger partial charge in [-0.15, -0.1) is 11.3 Å². The van der Waals surface area contributed by atoms with E-state index in [-0.39, 0.29) is 22.0 Å². The minimum Gasteiger partial charge on any atom is -0.307 e. The van der Waals surface area contributed by atoms with Gasteiger partial charge >= 0.3 is 6.03 Å². The smallest absolute Gasteiger partial charge is 0.307 e. The fourth-order valence-electron chi connectivity index (χ4n) is 5.24. The number of thiophene rings is 1. The van der Waals surface area contributed by atoms with Gasteiger partial charge in [0.05, 0.1) is 12.1 Å². The maximum atomic E-state index is 15.1. The Bertz CT molecular complexity index is 1550. The molecule has 0 spiro atoms. The van der Waals surface area contributed by atoms with Crippen LogP contribution in [0.1, 0.15) is 53.6 Å². The summed E-state index contributed by atoms with van der Waals surface area (Å²) in [5.74, 6) is -2.09. The van der Waals surface area contributed by atoms with Crippen LogP contribution < -0.4 is 14.9 Å². The molecule has 5 rings (SSSR count). The normalized spacial score (nSPS) is 16.0. The molecule has 0 radical (unpaired) electrons. The van der Waals surface area contributed by atoms with Crippen molar-refractivity contribution in [2.24, 2.45) is 0 Å². The lowest BCUT2D eigenvalue weighted by Gasteiger charge is -2.28. The summed E-state index contributed by atoms with van der Waals surface area (Å²) >= 11 is 0.942. The van der Waals surface area contributed by atoms with Crippen LogP contribution in [0.3, 0.4) is 0 Å². The minimum atomic E-state index is -4.07. The van der Waals surface area contributed by atoms with Crippen LogP contribution in [0.15, 0.2) is 58.1 Å². The number of anilines is 2. The molecule has 2 aromatic carbocycles. The molecule has 1 fully saturated rings. The third kappa shape index (κ3) is 6.83. The van der Waals surface area contributed by atoms with Crippen molar-refractivity contribution in [3.8, 4) is 0 Å². The van der Waals surface area contributed by atoms with Crippen molar-refractivity contribution in [1.82, 2.24) is 9.62 Å². The Morgan fingerprint density at radius 2 is 1.80 bits per heavy atom. The second-order valence-electron chi connectivity index (χ2n) is 10.2. The van der Waals surface area contributed by atoms with E-state index in [1.165, 1.54) is 56.6 Å². The van der Waals surface area contributed by atoms with Crippen LogP contribution in [0, 0.1) is 5.82 Å². The summed E-state index contributed by atoms with van der Waals surface area (Å²) in [5, 5.41) is 3.81. The number of unbranched alkanes of at least 4 members (excludes halogenated alkanes) is 1. The Morgan fingerprint density at radius 1 is 1.00 bits per heavy atom. The van der Waals surface area contributed by atoms with Gasteiger partial charge in [0.25, 0.3) is 15.9 Å². The molecule has 1 aromatic heterocycles. The number of amides is 4. The number of sulfonamides is 1. The van der Waals surface area contributed by atoms with E-state index in [0.717, 1.165) is 53.7 Å². The number of hydrogen-bond acceptors (Lipinski definition) is 7. The Balaban J connectivity index is 1.21. The SMILES string of the molecule is O=C(Nc1ccc(N2C(=O)Cc3cc(CCCCN4CCCCC4)ccc3C2=O)c(F)c1)NS(=O)(=O)c1cccs1. The maximum absolute atomic E-state index is 15.1. The maximum Gasteiger partial charge on any atom is 0.333 e. The number of rotatable bonds is 9. The van der Waals surface area contributed by atoms with Gasteiger partial charge in [-0.05, 0) is 98.6 Å². The zero-order chi connectivity index (χ0) is 29.0. The quantitative estimate of drug-likeness (QED) is 0.267. The van der Waals surface area contributed by atoms with E-state index in [0.29, 0.717) is 11.1 Å². The number of imide groups is 1. The molecule has 1 saturated heterocycles. The van der Waals surface area contributed by atoms with Gasteiger partial charge in [0.2, 0.25) is 5.91 Å². The van der Waals surface area contributed by atoms with Crippen LogP contribution in [-0.2, 0) is 27.7 Å². The Kier molecular flexibility index (Phi) is 8.81. The molecular formula is C29H31FN4O5S2. The van der Waals surface area contributed by atoms with Gasteiger partial charge in [0.1, 0.15) is 10.0 Å². The van der Waals surface area contributed by atoms with Gasteiger partial charge in [-0.25, -0.2) is 27.2 Å². The van der Waals surface area contributed by atoms with Crippen molar-refractivity contribution in [3.63, 3.8) is 0 Å². The van der Waals surface area contributed by atoms with Crippen molar-refractivity contribution >= 4 is 50.6 Å². The number of aryl methyl sites for hydroxylation is 1. The number of halogens is 1. The molecule has 0 saturated carbocycles. The summed E-state index contributed by atoms with van der Waals surface area (Å²) in [6.45, 7) is 3.44. The molecule has 9 nitrogen and oxygen atoms in total. The lowest BCUT2D eigenvalue weighted by molar-refractivity contribution is -0.117. The highest BCUT2D eigenvalue weighted by atomic mass is 32.2. The van der Waals surface area contributed by atoms with Crippen LogP contribution in [-0.4, -0.2) is 50.8 Å². The van der Waals surface area contributed by atoms with Crippen LogP contribution >= 0.6 is 11.3 Å². The van der Waals surface area contributed by atoms with Crippen molar-refractivity contribution < 1.29 is 27.2 Å². The number of piperidine rings is 1. The molecule has 41 heavy (non-hydrogen) atoms. The zero-order valence-electron chi connectivity index (χ0n) is 22.4. The molecule has 0 atom stereocenters. The van der Waals surface area contributed by atoms with Crippen LogP contribution in [0.25, 0.3) is 0 Å². The van der Waals surface area contributed by atoms with Crippen LogP contribution in [0.4, 0.5) is 20.6 Å². The molecule has 0 aliphatic carbocycles. The molecule has 4 amide bonds. The predicted octanol–water partition coefficient (Wildman–Crippen LogP) is 4.94. The molecule has 12 heteroatoms. The molecule has 3 heterocycles. The summed E-state index contributed by atoms with van der Waals surface area (Å²) < 4.78 is 41.4. The minimum absolute atomic E-state index is 0.0366. The highest BCUT2D eigenvalue weighted by Crippen LogP contribution is 2.30. The number of urea groups is 1. The fraction of sp³-hybridized carbons (Fsp3) is 0.345. The third-order valence-corrected chi connectivity index (χ3v) is 9.99. The first-order chi connectivity index (χ1) is 19.7. The zero-order valence-corrected chi connectivity index (χ0v) is 24.0. The van der Waals surface area contributed by atoms with Crippen molar-refractivity contribution in [3.05, 3.63) is 76.4 Å². The topological polar surface area (TPSA) is 116 Å². The Hall–Kier alpha value is -3.61. The number of carbonyl (C=O) groups excluding carboxylic acids is 3. The number of hydrogen-bond donors (Lipinski definition) is 2. The van der Waals surface area contributed by atoms with E-state index in [2.05, 4.69) is 10.2 Å². The second kappa shape index (κ2) is 12.5. The predicted molar refractivity (Wildman–Crippen MR) is 155 cm³/mol. The van der Waals surface area contributed by atoms with Crippen LogP contribution in [0.5, 0.6) is 0 Å². The number of benzene rings is 2. The molecule has 216 valence electrons. The summed E-state index contributed by atoms with van der Waals surface area (Å²) in [5.41, 5.74) is 1.75. The highest BCUT2D eigenvalue weighted by molar-refractivity contribution is 7.92. The highest BCUT2D eigenvalue weighted by Gasteiger charge is 2.34. The van der Waals surface area contributed by atoms with Crippen molar-refractivity contribution in [1.29, 1.82) is 0 Å². The molecule has 0 unspecified atom stereocenters. The van der Waals surface area contributed by atoms with Crippen LogP contribution in [0.2, 0.25) is 0 Å². The number of fused-ring (bicyclic) bond motifs is 1. The van der Waals surface area contributed by atoms with Crippen molar-refractivity contribution in [2.75, 3.05) is 29.9 Å². The summed E-state index contributed by atoms with van der Waals surface area (Å²) in [6, 6.07) is 10.7. The average Bonchev–Trinajstić information content (AvgIpc) is 3.49. The lowest BCUT2D eigenvalue weighted by atomic mass is 9.94. The van der Waals surface area contributed by atoms with E-state index in [1.54, 1.807) is 11.4 Å². The number of nitrogens with one attached hydrogen (secondary N) is 2. The standard InChI is InChI=1S/C29H31FN4O5S2/c30-24-19-22(31-29(37)32-41(38,39)27-8-6-16-40-27)10-12-25(24)34-26(35)18-21-17-20(9-11-23(21)28(34)36)7-2-5-15-33-13-3-1-4-14-33/h6,8-12,16-17,19H,1-5,7,13-15,18H2,(H2,31,32,37). The Morgan fingerprint density at radius 3 is 2.54 bits per heavy atom. The molecular weight excluding hydrogens is 567 g/mol. The monoisotopic (exact) mass is 598 g/mol. The van der Waals surface area contributed by atoms with Crippen molar-refractivity contribution in [2.45, 2.75) is 49.2 Å². The van der Waals surface area contributed by atoms with E-state index < -0.39 is 33.7 Å².